The van der Waals surface area contributed by atoms with E-state index in [1.165, 1.54) is 24.1 Å². The second-order valence-corrected chi connectivity index (χ2v) is 8.76. The van der Waals surface area contributed by atoms with Crippen LogP contribution in [0.4, 0.5) is 26.2 Å². The predicted molar refractivity (Wildman–Crippen MR) is 128 cm³/mol. The van der Waals surface area contributed by atoms with Crippen molar-refractivity contribution in [3.8, 4) is 0 Å². The molecule has 35 heavy (non-hydrogen) atoms. The number of nitrogens with zero attached hydrogens (tertiary/aromatic N) is 2. The zero-order chi connectivity index (χ0) is 25.1. The molecule has 0 bridgehead atoms. The number of benzene rings is 2. The Morgan fingerprint density at radius 2 is 1.74 bits per heavy atom. The van der Waals surface area contributed by atoms with E-state index in [-0.39, 0.29) is 43.3 Å². The minimum atomic E-state index is -0.906. The Morgan fingerprint density at radius 3 is 2.37 bits per heavy atom. The van der Waals surface area contributed by atoms with Crippen molar-refractivity contribution in [1.29, 1.82) is 0 Å². The van der Waals surface area contributed by atoms with Crippen molar-refractivity contribution in [1.82, 2.24) is 4.90 Å². The fourth-order valence-electron chi connectivity index (χ4n) is 4.17. The van der Waals surface area contributed by atoms with Gasteiger partial charge in [0, 0.05) is 49.7 Å². The molecular formula is C24H24ClFN4O5. The lowest BCUT2D eigenvalue weighted by molar-refractivity contribution is -0.129. The van der Waals surface area contributed by atoms with Crippen LogP contribution in [0.3, 0.4) is 0 Å². The molecule has 0 radical (unpaired) electrons. The minimum absolute atomic E-state index is 0.111. The highest BCUT2D eigenvalue weighted by Gasteiger charge is 2.40. The number of halogens is 2. The number of nitrogens with one attached hydrogen (secondary N) is 2. The standard InChI is InChI=1S/C24H24ClFN4O5/c1-35-17-12-20(29(13-17)24(34)27-15-7-5-14(25)6-8-15)23(33)28-19-10-9-16(11-18(19)26)30-21(31)3-2-4-22(30)32/h5-11,17,20H,2-4,12-13H2,1H3,(H,27,34)(H,28,33). The summed E-state index contributed by atoms with van der Waals surface area (Å²) in [7, 11) is 1.49. The van der Waals surface area contributed by atoms with E-state index in [0.29, 0.717) is 17.1 Å². The summed E-state index contributed by atoms with van der Waals surface area (Å²) in [5.74, 6) is -2.18. The van der Waals surface area contributed by atoms with E-state index in [4.69, 9.17) is 16.3 Å². The van der Waals surface area contributed by atoms with E-state index in [2.05, 4.69) is 10.6 Å². The van der Waals surface area contributed by atoms with Gasteiger partial charge >= 0.3 is 6.03 Å². The molecule has 2 aliphatic rings. The molecule has 2 unspecified atom stereocenters. The number of amides is 5. The van der Waals surface area contributed by atoms with Gasteiger partial charge in [-0.05, 0) is 42.8 Å². The first-order valence-electron chi connectivity index (χ1n) is 11.1. The second-order valence-electron chi connectivity index (χ2n) is 8.33. The Bertz CT molecular complexity index is 1140. The van der Waals surface area contributed by atoms with Crippen LogP contribution in [0.1, 0.15) is 25.7 Å². The molecule has 5 amide bonds. The number of rotatable bonds is 5. The van der Waals surface area contributed by atoms with Crippen LogP contribution in [0.15, 0.2) is 42.5 Å². The van der Waals surface area contributed by atoms with Crippen LogP contribution in [0.5, 0.6) is 0 Å². The molecule has 2 saturated heterocycles. The summed E-state index contributed by atoms with van der Waals surface area (Å²) in [4.78, 5) is 52.4. The van der Waals surface area contributed by atoms with Crippen LogP contribution in [0.2, 0.25) is 5.02 Å². The van der Waals surface area contributed by atoms with Crippen LogP contribution in [0.25, 0.3) is 0 Å². The van der Waals surface area contributed by atoms with Gasteiger partial charge in [0.15, 0.2) is 0 Å². The van der Waals surface area contributed by atoms with E-state index in [0.717, 1.165) is 11.0 Å². The average Bonchev–Trinajstić information content (AvgIpc) is 3.27. The fourth-order valence-corrected chi connectivity index (χ4v) is 4.30. The summed E-state index contributed by atoms with van der Waals surface area (Å²) in [6, 6.07) is 8.83. The molecule has 9 nitrogen and oxygen atoms in total. The molecule has 2 aliphatic heterocycles. The number of carbonyl (C=O) groups excluding carboxylic acids is 4. The highest BCUT2D eigenvalue weighted by atomic mass is 35.5. The lowest BCUT2D eigenvalue weighted by atomic mass is 10.1. The van der Waals surface area contributed by atoms with Gasteiger partial charge in [-0.15, -0.1) is 0 Å². The lowest BCUT2D eigenvalue weighted by Crippen LogP contribution is -2.45. The third-order valence-electron chi connectivity index (χ3n) is 6.00. The van der Waals surface area contributed by atoms with Gasteiger partial charge in [-0.3, -0.25) is 19.3 Å². The maximum absolute atomic E-state index is 14.8. The number of carbonyl (C=O) groups is 4. The zero-order valence-electron chi connectivity index (χ0n) is 18.9. The second kappa shape index (κ2) is 10.4. The number of piperidine rings is 1. The number of likely N-dealkylation sites (tertiary alicyclic amines) is 1. The van der Waals surface area contributed by atoms with Gasteiger partial charge in [0.05, 0.1) is 17.5 Å². The lowest BCUT2D eigenvalue weighted by Gasteiger charge is -2.26. The monoisotopic (exact) mass is 502 g/mol. The maximum Gasteiger partial charge on any atom is 0.322 e. The first-order valence-corrected chi connectivity index (χ1v) is 11.5. The number of imide groups is 1. The van der Waals surface area contributed by atoms with Gasteiger partial charge < -0.3 is 20.3 Å². The first kappa shape index (κ1) is 24.6. The Kier molecular flexibility index (Phi) is 7.32. The van der Waals surface area contributed by atoms with E-state index < -0.39 is 35.6 Å². The SMILES string of the molecule is COC1CC(C(=O)Nc2ccc(N3C(=O)CCCC3=O)cc2F)N(C(=O)Nc2ccc(Cl)cc2)C1. The normalized spacial score (nSPS) is 20.2. The van der Waals surface area contributed by atoms with Crippen LogP contribution in [-0.2, 0) is 19.1 Å². The number of hydrogen-bond acceptors (Lipinski definition) is 5. The van der Waals surface area contributed by atoms with Crippen molar-refractivity contribution < 1.29 is 28.3 Å². The van der Waals surface area contributed by atoms with Gasteiger partial charge in [0.2, 0.25) is 17.7 Å². The average molecular weight is 503 g/mol. The summed E-state index contributed by atoms with van der Waals surface area (Å²) >= 11 is 5.88. The molecule has 2 atom stereocenters. The Morgan fingerprint density at radius 1 is 1.06 bits per heavy atom. The highest BCUT2D eigenvalue weighted by Crippen LogP contribution is 2.28. The molecular weight excluding hydrogens is 479 g/mol. The van der Waals surface area contributed by atoms with E-state index >= 15 is 0 Å². The molecule has 0 aromatic heterocycles. The van der Waals surface area contributed by atoms with E-state index in [9.17, 15) is 23.6 Å². The number of ether oxygens (including phenoxy) is 1. The fraction of sp³-hybridized carbons (Fsp3) is 0.333. The van der Waals surface area contributed by atoms with Crippen molar-refractivity contribution in [2.45, 2.75) is 37.8 Å². The number of methoxy groups -OCH3 is 1. The van der Waals surface area contributed by atoms with Gasteiger partial charge in [0.25, 0.3) is 0 Å². The number of urea groups is 1. The summed E-state index contributed by atoms with van der Waals surface area (Å²) in [5, 5.41) is 5.74. The summed E-state index contributed by atoms with van der Waals surface area (Å²) in [5.41, 5.74) is 0.483. The first-order chi connectivity index (χ1) is 16.8. The van der Waals surface area contributed by atoms with Gasteiger partial charge in [-0.1, -0.05) is 11.6 Å². The number of anilines is 3. The van der Waals surface area contributed by atoms with Crippen molar-refractivity contribution in [3.05, 3.63) is 53.3 Å². The highest BCUT2D eigenvalue weighted by molar-refractivity contribution is 6.30. The molecule has 2 N–H and O–H groups in total. The van der Waals surface area contributed by atoms with E-state index in [1.807, 2.05) is 0 Å². The van der Waals surface area contributed by atoms with Crippen LogP contribution in [0, 0.1) is 5.82 Å². The van der Waals surface area contributed by atoms with Crippen molar-refractivity contribution in [2.75, 3.05) is 29.2 Å². The molecule has 2 fully saturated rings. The Balaban J connectivity index is 1.48. The van der Waals surface area contributed by atoms with Crippen molar-refractivity contribution in [3.63, 3.8) is 0 Å². The molecule has 11 heteroatoms. The van der Waals surface area contributed by atoms with Gasteiger partial charge in [0.1, 0.15) is 11.9 Å². The quantitative estimate of drug-likeness (QED) is 0.605. The molecule has 0 spiro atoms. The summed E-state index contributed by atoms with van der Waals surface area (Å²) in [6.07, 6.45) is 0.749. The van der Waals surface area contributed by atoms with Crippen LogP contribution in [-0.4, -0.2) is 54.5 Å². The van der Waals surface area contributed by atoms with Gasteiger partial charge in [-0.25, -0.2) is 9.18 Å². The third kappa shape index (κ3) is 5.44. The van der Waals surface area contributed by atoms with Crippen LogP contribution >= 0.6 is 11.6 Å². The molecule has 2 heterocycles. The largest absolute Gasteiger partial charge is 0.380 e. The zero-order valence-corrected chi connectivity index (χ0v) is 19.7. The van der Waals surface area contributed by atoms with Crippen LogP contribution < -0.4 is 15.5 Å². The third-order valence-corrected chi connectivity index (χ3v) is 6.26. The topological polar surface area (TPSA) is 108 Å². The van der Waals surface area contributed by atoms with Gasteiger partial charge in [-0.2, -0.15) is 0 Å². The summed E-state index contributed by atoms with van der Waals surface area (Å²) < 4.78 is 20.2. The molecule has 184 valence electrons. The predicted octanol–water partition coefficient (Wildman–Crippen LogP) is 3.78. The Hall–Kier alpha value is -3.50. The molecule has 0 aliphatic carbocycles. The molecule has 0 saturated carbocycles. The van der Waals surface area contributed by atoms with E-state index in [1.54, 1.807) is 24.3 Å². The molecule has 2 aromatic carbocycles. The minimum Gasteiger partial charge on any atom is -0.380 e. The number of hydrogen-bond donors (Lipinski definition) is 2. The summed E-state index contributed by atoms with van der Waals surface area (Å²) in [6.45, 7) is 0.175. The van der Waals surface area contributed by atoms with Crippen molar-refractivity contribution >= 4 is 52.4 Å². The van der Waals surface area contributed by atoms with Crippen molar-refractivity contribution in [2.24, 2.45) is 0 Å². The smallest absolute Gasteiger partial charge is 0.322 e. The molecule has 2 aromatic rings. The maximum atomic E-state index is 14.8. The molecule has 4 rings (SSSR count). The Labute approximate surface area is 206 Å².